The Morgan fingerprint density at radius 2 is 1.95 bits per heavy atom. The zero-order chi connectivity index (χ0) is 28.4. The standard InChI is InChI=1S/C32H38BrN4O2S/c1-4-39-31(38)17-12-22-37(2,3)21-11-10-19-36-20-18-25(27-14-8-9-15-28(27)36)13-6-5-7-16-30-35-32-29(40-30)23-26(33)24-34-32/h5-9,13-16,18,20,23-24H,4,10-12,17,19,21-22H2,1-3H3/q+1. The number of halogens is 1. The summed E-state index contributed by atoms with van der Waals surface area (Å²) in [4.78, 5) is 22.9. The van der Waals surface area contributed by atoms with E-state index in [1.54, 1.807) is 17.5 Å². The lowest BCUT2D eigenvalue weighted by Crippen LogP contribution is -2.41. The molecule has 0 saturated heterocycles. The van der Waals surface area contributed by atoms with Crippen LogP contribution in [-0.4, -0.2) is 60.8 Å². The number of fused-ring (bicyclic) bond motifs is 2. The van der Waals surface area contributed by atoms with E-state index in [-0.39, 0.29) is 5.97 Å². The van der Waals surface area contributed by atoms with Gasteiger partial charge in [-0.05, 0) is 65.6 Å². The number of hydrogen-bond donors (Lipinski definition) is 0. The summed E-state index contributed by atoms with van der Waals surface area (Å²) in [6.07, 6.45) is 20.1. The summed E-state index contributed by atoms with van der Waals surface area (Å²) in [5.74, 6) is -0.0886. The first-order valence-corrected chi connectivity index (χ1v) is 15.4. The molecule has 0 N–H and O–H groups in total. The molecule has 0 atom stereocenters. The molecule has 1 aliphatic heterocycles. The van der Waals surface area contributed by atoms with E-state index in [4.69, 9.17) is 4.74 Å². The smallest absolute Gasteiger partial charge is 0.305 e. The van der Waals surface area contributed by atoms with E-state index in [1.807, 2.05) is 31.2 Å². The Morgan fingerprint density at radius 3 is 2.80 bits per heavy atom. The summed E-state index contributed by atoms with van der Waals surface area (Å²) >= 11 is 5.09. The third-order valence-corrected chi connectivity index (χ3v) is 8.18. The lowest BCUT2D eigenvalue weighted by Gasteiger charge is -2.31. The zero-order valence-electron chi connectivity index (χ0n) is 23.6. The molecule has 8 heteroatoms. The topological polar surface area (TPSA) is 55.3 Å². The third-order valence-electron chi connectivity index (χ3n) is 6.79. The van der Waals surface area contributed by atoms with Gasteiger partial charge < -0.3 is 14.1 Å². The van der Waals surface area contributed by atoms with Gasteiger partial charge in [-0.2, -0.15) is 0 Å². The van der Waals surface area contributed by atoms with Crippen molar-refractivity contribution < 1.29 is 14.0 Å². The first-order valence-electron chi connectivity index (χ1n) is 13.8. The molecular formula is C32H38BrN4O2S+. The average Bonchev–Trinajstić information content (AvgIpc) is 3.33. The maximum Gasteiger partial charge on any atom is 0.305 e. The van der Waals surface area contributed by atoms with Gasteiger partial charge in [0.05, 0.1) is 44.9 Å². The number of pyridine rings is 1. The number of esters is 1. The third kappa shape index (κ3) is 8.71. The van der Waals surface area contributed by atoms with Crippen molar-refractivity contribution in [2.24, 2.45) is 0 Å². The highest BCUT2D eigenvalue weighted by Crippen LogP contribution is 2.33. The second kappa shape index (κ2) is 14.5. The van der Waals surface area contributed by atoms with Crippen molar-refractivity contribution in [3.63, 3.8) is 0 Å². The number of carbonyl (C=O) groups is 1. The van der Waals surface area contributed by atoms with Gasteiger partial charge in [0.2, 0.25) is 0 Å². The first kappa shape index (κ1) is 29.9. The number of hydrogen-bond acceptors (Lipinski definition) is 6. The summed E-state index contributed by atoms with van der Waals surface area (Å²) < 4.78 is 8.01. The highest BCUT2D eigenvalue weighted by Gasteiger charge is 2.18. The number of quaternary nitrogens is 1. The minimum atomic E-state index is -0.0886. The second-order valence-corrected chi connectivity index (χ2v) is 12.4. The molecular weight excluding hydrogens is 584 g/mol. The van der Waals surface area contributed by atoms with Gasteiger partial charge in [0, 0.05) is 41.1 Å². The minimum Gasteiger partial charge on any atom is -0.466 e. The van der Waals surface area contributed by atoms with E-state index < -0.39 is 0 Å². The largest absolute Gasteiger partial charge is 0.466 e. The summed E-state index contributed by atoms with van der Waals surface area (Å²) in [6.45, 7) is 5.37. The Hall–Kier alpha value is -3.07. The minimum absolute atomic E-state index is 0.0886. The van der Waals surface area contributed by atoms with Crippen LogP contribution in [0.1, 0.15) is 43.2 Å². The lowest BCUT2D eigenvalue weighted by atomic mass is 9.99. The number of benzene rings is 1. The molecule has 2 aromatic heterocycles. The molecule has 40 heavy (non-hydrogen) atoms. The van der Waals surface area contributed by atoms with Gasteiger partial charge in [-0.3, -0.25) is 4.79 Å². The van der Waals surface area contributed by atoms with Gasteiger partial charge in [-0.25, -0.2) is 9.97 Å². The fourth-order valence-electron chi connectivity index (χ4n) is 4.71. The predicted molar refractivity (Wildman–Crippen MR) is 171 cm³/mol. The number of ether oxygens (including phenoxy) is 1. The SMILES string of the molecule is CCOC(=O)CCC[N+](C)(C)CCCCN1C=CC(=CC=CC=Cc2nc3ncc(Br)cc3s2)c2ccccc21. The van der Waals surface area contributed by atoms with Crippen LogP contribution < -0.4 is 4.90 Å². The number of nitrogens with zero attached hydrogens (tertiary/aromatic N) is 4. The zero-order valence-corrected chi connectivity index (χ0v) is 26.0. The Balaban J connectivity index is 1.28. The maximum atomic E-state index is 11.6. The number of rotatable bonds is 13. The molecule has 3 aromatic rings. The Kier molecular flexibility index (Phi) is 10.9. The summed E-state index contributed by atoms with van der Waals surface area (Å²) in [7, 11) is 4.49. The van der Waals surface area contributed by atoms with Crippen LogP contribution in [0.25, 0.3) is 22.0 Å². The van der Waals surface area contributed by atoms with Gasteiger partial charge in [-0.15, -0.1) is 11.3 Å². The Morgan fingerprint density at radius 1 is 1.12 bits per heavy atom. The van der Waals surface area contributed by atoms with Crippen molar-refractivity contribution in [1.29, 1.82) is 0 Å². The van der Waals surface area contributed by atoms with Gasteiger partial charge in [0.25, 0.3) is 0 Å². The van der Waals surface area contributed by atoms with Crippen LogP contribution in [0.5, 0.6) is 0 Å². The van der Waals surface area contributed by atoms with E-state index in [9.17, 15) is 4.79 Å². The van der Waals surface area contributed by atoms with Gasteiger partial charge >= 0.3 is 5.97 Å². The highest BCUT2D eigenvalue weighted by atomic mass is 79.9. The molecule has 0 bridgehead atoms. The molecule has 3 heterocycles. The highest BCUT2D eigenvalue weighted by molar-refractivity contribution is 9.10. The average molecular weight is 623 g/mol. The van der Waals surface area contributed by atoms with Crippen LogP contribution in [0.15, 0.2) is 77.6 Å². The van der Waals surface area contributed by atoms with Gasteiger partial charge in [-0.1, -0.05) is 42.5 Å². The molecule has 1 aromatic carbocycles. The molecule has 1 aliphatic rings. The number of anilines is 1. The molecule has 0 saturated carbocycles. The number of unbranched alkanes of at least 4 members (excludes halogenated alkanes) is 1. The molecule has 0 spiro atoms. The van der Waals surface area contributed by atoms with E-state index >= 15 is 0 Å². The van der Waals surface area contributed by atoms with Crippen LogP contribution in [0.2, 0.25) is 0 Å². The van der Waals surface area contributed by atoms with Crippen LogP contribution >= 0.6 is 27.3 Å². The predicted octanol–water partition coefficient (Wildman–Crippen LogP) is 7.64. The van der Waals surface area contributed by atoms with Gasteiger partial charge in [0.1, 0.15) is 5.01 Å². The summed E-state index contributed by atoms with van der Waals surface area (Å²) in [6, 6.07) is 10.6. The molecule has 0 unspecified atom stereocenters. The van der Waals surface area contributed by atoms with E-state index in [1.165, 1.54) is 16.8 Å². The van der Waals surface area contributed by atoms with Crippen LogP contribution in [-0.2, 0) is 9.53 Å². The first-order chi connectivity index (χ1) is 19.3. The van der Waals surface area contributed by atoms with E-state index in [0.717, 1.165) is 63.2 Å². The molecule has 0 radical (unpaired) electrons. The van der Waals surface area contributed by atoms with Crippen molar-refractivity contribution in [3.05, 3.63) is 88.2 Å². The quantitative estimate of drug-likeness (QED) is 0.0849. The maximum absolute atomic E-state index is 11.6. The van der Waals surface area contributed by atoms with E-state index in [0.29, 0.717) is 13.0 Å². The van der Waals surface area contributed by atoms with Crippen molar-refractivity contribution in [2.45, 2.75) is 32.6 Å². The molecule has 6 nitrogen and oxygen atoms in total. The fourth-order valence-corrected chi connectivity index (χ4v) is 6.07. The number of para-hydroxylation sites is 1. The lowest BCUT2D eigenvalue weighted by molar-refractivity contribution is -0.890. The van der Waals surface area contributed by atoms with E-state index in [2.05, 4.69) is 93.6 Å². The van der Waals surface area contributed by atoms with Crippen molar-refractivity contribution in [3.8, 4) is 0 Å². The summed E-state index contributed by atoms with van der Waals surface area (Å²) in [5, 5.41) is 0.940. The van der Waals surface area contributed by atoms with Crippen molar-refractivity contribution in [2.75, 3.05) is 45.2 Å². The molecule has 210 valence electrons. The normalized spacial score (nSPS) is 14.6. The molecule has 0 amide bonds. The summed E-state index contributed by atoms with van der Waals surface area (Å²) in [5.41, 5.74) is 4.47. The number of thiazole rings is 1. The Bertz CT molecular complexity index is 1420. The van der Waals surface area contributed by atoms with Crippen LogP contribution in [0, 0.1) is 0 Å². The van der Waals surface area contributed by atoms with Gasteiger partial charge in [0.15, 0.2) is 5.65 Å². The molecule has 4 rings (SSSR count). The van der Waals surface area contributed by atoms with Crippen LogP contribution in [0.3, 0.4) is 0 Å². The van der Waals surface area contributed by atoms with Crippen molar-refractivity contribution >= 4 is 60.9 Å². The number of aromatic nitrogens is 2. The number of allylic oxidation sites excluding steroid dienone is 6. The van der Waals surface area contributed by atoms with Crippen molar-refractivity contribution in [1.82, 2.24) is 9.97 Å². The Labute approximate surface area is 250 Å². The number of carbonyl (C=O) groups excluding carboxylic acids is 1. The molecule has 0 fully saturated rings. The monoisotopic (exact) mass is 621 g/mol. The molecule has 0 aliphatic carbocycles. The fraction of sp³-hybridized carbons (Fsp3) is 0.344. The second-order valence-electron chi connectivity index (χ2n) is 10.4. The van der Waals surface area contributed by atoms with Crippen LogP contribution in [0.4, 0.5) is 5.69 Å².